The number of hydrogen-bond acceptors (Lipinski definition) is 6. The fourth-order valence-electron chi connectivity index (χ4n) is 3.79. The SMILES string of the molecule is O=C(c1ccc2ncc(N3CCCC3)nc2c1)c1cccc(CCCN[SH](=O)=O)c1F. The Morgan fingerprint density at radius 2 is 1.94 bits per heavy atom. The van der Waals surface area contributed by atoms with Crippen LogP contribution in [0.5, 0.6) is 0 Å². The number of halogens is 1. The highest BCUT2D eigenvalue weighted by molar-refractivity contribution is 7.70. The van der Waals surface area contributed by atoms with Crippen LogP contribution >= 0.6 is 0 Å². The topological polar surface area (TPSA) is 92.3 Å². The second-order valence-corrected chi connectivity index (χ2v) is 8.33. The van der Waals surface area contributed by atoms with Gasteiger partial charge in [-0.2, -0.15) is 0 Å². The number of anilines is 1. The van der Waals surface area contributed by atoms with Crippen molar-refractivity contribution < 1.29 is 17.6 Å². The first-order valence-corrected chi connectivity index (χ1v) is 11.4. The molecule has 0 amide bonds. The lowest BCUT2D eigenvalue weighted by Crippen LogP contribution is -2.19. The van der Waals surface area contributed by atoms with Crippen LogP contribution in [0.1, 0.15) is 40.7 Å². The Labute approximate surface area is 181 Å². The van der Waals surface area contributed by atoms with Gasteiger partial charge in [0.1, 0.15) is 11.6 Å². The molecule has 0 spiro atoms. The molecule has 0 radical (unpaired) electrons. The third-order valence-corrected chi connectivity index (χ3v) is 5.89. The van der Waals surface area contributed by atoms with Crippen molar-refractivity contribution in [2.45, 2.75) is 25.7 Å². The Hall–Kier alpha value is -2.91. The molecule has 0 saturated carbocycles. The Kier molecular flexibility index (Phi) is 6.53. The van der Waals surface area contributed by atoms with Crippen LogP contribution in [0.2, 0.25) is 0 Å². The lowest BCUT2D eigenvalue weighted by atomic mass is 9.98. The first-order chi connectivity index (χ1) is 15.0. The van der Waals surface area contributed by atoms with Crippen LogP contribution in [0.3, 0.4) is 0 Å². The summed E-state index contributed by atoms with van der Waals surface area (Å²) in [4.78, 5) is 24.3. The Bertz CT molecular complexity index is 1180. The number of rotatable bonds is 8. The molecule has 3 aromatic rings. The molecule has 1 aliphatic heterocycles. The van der Waals surface area contributed by atoms with E-state index in [1.807, 2.05) is 0 Å². The zero-order valence-electron chi connectivity index (χ0n) is 16.9. The van der Waals surface area contributed by atoms with Crippen molar-refractivity contribution in [1.82, 2.24) is 14.7 Å². The molecule has 1 saturated heterocycles. The van der Waals surface area contributed by atoms with E-state index in [-0.39, 0.29) is 12.1 Å². The maximum absolute atomic E-state index is 15.0. The summed E-state index contributed by atoms with van der Waals surface area (Å²) >= 11 is 0. The number of carbonyl (C=O) groups excluding carboxylic acids is 1. The summed E-state index contributed by atoms with van der Waals surface area (Å²) < 4.78 is 38.4. The monoisotopic (exact) mass is 442 g/mol. The summed E-state index contributed by atoms with van der Waals surface area (Å²) in [6.07, 6.45) is 4.75. The van der Waals surface area contributed by atoms with Crippen molar-refractivity contribution >= 4 is 33.5 Å². The van der Waals surface area contributed by atoms with Crippen LogP contribution in [0.15, 0.2) is 42.6 Å². The average Bonchev–Trinajstić information content (AvgIpc) is 3.31. The molecule has 1 aliphatic rings. The van der Waals surface area contributed by atoms with Crippen LogP contribution in [0.25, 0.3) is 11.0 Å². The van der Waals surface area contributed by atoms with Gasteiger partial charge in [0.2, 0.25) is 10.9 Å². The first kappa shape index (κ1) is 21.3. The number of nitrogens with zero attached hydrogens (tertiary/aromatic N) is 3. The Morgan fingerprint density at radius 1 is 1.13 bits per heavy atom. The highest BCUT2D eigenvalue weighted by atomic mass is 32.2. The van der Waals surface area contributed by atoms with Crippen molar-refractivity contribution in [2.24, 2.45) is 0 Å². The van der Waals surface area contributed by atoms with Gasteiger partial charge in [0.25, 0.3) is 0 Å². The molecule has 1 aromatic heterocycles. The van der Waals surface area contributed by atoms with Crippen molar-refractivity contribution in [2.75, 3.05) is 24.5 Å². The van der Waals surface area contributed by atoms with E-state index in [1.165, 1.54) is 6.07 Å². The number of aryl methyl sites for hydroxylation is 1. The number of hydrogen-bond donors (Lipinski definition) is 2. The minimum Gasteiger partial charge on any atom is -0.355 e. The summed E-state index contributed by atoms with van der Waals surface area (Å²) in [6, 6.07) is 9.73. The maximum Gasteiger partial charge on any atom is 0.201 e. The van der Waals surface area contributed by atoms with Gasteiger partial charge in [-0.15, -0.1) is 0 Å². The summed E-state index contributed by atoms with van der Waals surface area (Å²) in [5, 5.41) is 0. The Balaban J connectivity index is 1.57. The number of benzene rings is 2. The van der Waals surface area contributed by atoms with Crippen molar-refractivity contribution in [3.63, 3.8) is 0 Å². The smallest absolute Gasteiger partial charge is 0.201 e. The standard InChI is InChI=1S/C22H23FN4O3S/c23-21-15(6-4-10-25-31(29)30)5-3-7-17(21)22(28)16-8-9-18-19(13-16)26-20(14-24-18)27-11-1-2-12-27/h3,5,7-9,13-14,31H,1-2,4,6,10-12H2,(H,25,29,30). The normalized spacial score (nSPS) is 13.9. The van der Waals surface area contributed by atoms with Gasteiger partial charge in [-0.25, -0.2) is 22.5 Å². The van der Waals surface area contributed by atoms with Gasteiger partial charge in [-0.3, -0.25) is 9.78 Å². The van der Waals surface area contributed by atoms with E-state index in [1.54, 1.807) is 36.5 Å². The lowest BCUT2D eigenvalue weighted by molar-refractivity contribution is 0.103. The molecule has 2 heterocycles. The number of ketones is 1. The van der Waals surface area contributed by atoms with Gasteiger partial charge in [0.15, 0.2) is 5.78 Å². The molecule has 0 aliphatic carbocycles. The molecule has 0 atom stereocenters. The van der Waals surface area contributed by atoms with Crippen LogP contribution in [-0.4, -0.2) is 43.8 Å². The van der Waals surface area contributed by atoms with Gasteiger partial charge in [-0.1, -0.05) is 12.1 Å². The van der Waals surface area contributed by atoms with Crippen LogP contribution < -0.4 is 9.62 Å². The van der Waals surface area contributed by atoms with Gasteiger partial charge in [-0.05, 0) is 55.5 Å². The molecule has 4 rings (SSSR count). The molecule has 0 bridgehead atoms. The molecule has 2 aromatic carbocycles. The summed E-state index contributed by atoms with van der Waals surface area (Å²) in [5.41, 5.74) is 2.00. The van der Waals surface area contributed by atoms with Crippen LogP contribution in [-0.2, 0) is 17.3 Å². The van der Waals surface area contributed by atoms with Crippen molar-refractivity contribution in [1.29, 1.82) is 0 Å². The molecule has 7 nitrogen and oxygen atoms in total. The molecule has 9 heteroatoms. The Morgan fingerprint density at radius 3 is 2.71 bits per heavy atom. The molecule has 1 fully saturated rings. The number of aromatic nitrogens is 2. The van der Waals surface area contributed by atoms with E-state index in [2.05, 4.69) is 19.6 Å². The fourth-order valence-corrected chi connectivity index (χ4v) is 4.14. The maximum atomic E-state index is 15.0. The fraction of sp³-hybridized carbons (Fsp3) is 0.318. The second kappa shape index (κ2) is 9.49. The summed E-state index contributed by atoms with van der Waals surface area (Å²) in [5.74, 6) is -0.206. The van der Waals surface area contributed by atoms with E-state index in [4.69, 9.17) is 0 Å². The summed E-state index contributed by atoms with van der Waals surface area (Å²) in [6.45, 7) is 2.11. The van der Waals surface area contributed by atoms with Crippen LogP contribution in [0, 0.1) is 5.82 Å². The minimum absolute atomic E-state index is 0.0108. The number of carbonyl (C=O) groups is 1. The molecule has 0 unspecified atom stereocenters. The zero-order chi connectivity index (χ0) is 21.8. The zero-order valence-corrected chi connectivity index (χ0v) is 17.8. The second-order valence-electron chi connectivity index (χ2n) is 7.50. The van der Waals surface area contributed by atoms with E-state index in [0.29, 0.717) is 35.0 Å². The number of nitrogens with one attached hydrogen (secondary N) is 1. The van der Waals surface area contributed by atoms with Gasteiger partial charge >= 0.3 is 0 Å². The quantitative estimate of drug-likeness (QED) is 0.317. The van der Waals surface area contributed by atoms with Gasteiger partial charge in [0, 0.05) is 25.2 Å². The van der Waals surface area contributed by atoms with Crippen molar-refractivity contribution in [3.8, 4) is 0 Å². The van der Waals surface area contributed by atoms with E-state index >= 15 is 0 Å². The van der Waals surface area contributed by atoms with Crippen molar-refractivity contribution in [3.05, 3.63) is 65.1 Å². The number of fused-ring (bicyclic) bond motifs is 1. The molecule has 31 heavy (non-hydrogen) atoms. The predicted molar refractivity (Wildman–Crippen MR) is 117 cm³/mol. The van der Waals surface area contributed by atoms with E-state index in [0.717, 1.165) is 31.7 Å². The van der Waals surface area contributed by atoms with Crippen LogP contribution in [0.4, 0.5) is 10.2 Å². The largest absolute Gasteiger partial charge is 0.355 e. The minimum atomic E-state index is -2.67. The third-order valence-electron chi connectivity index (χ3n) is 5.41. The molecular weight excluding hydrogens is 419 g/mol. The highest BCUT2D eigenvalue weighted by Crippen LogP contribution is 2.23. The predicted octanol–water partition coefficient (Wildman–Crippen LogP) is 2.65. The average molecular weight is 443 g/mol. The molecule has 1 N–H and O–H groups in total. The van der Waals surface area contributed by atoms with Gasteiger partial charge < -0.3 is 4.90 Å². The van der Waals surface area contributed by atoms with E-state index < -0.39 is 22.5 Å². The highest BCUT2D eigenvalue weighted by Gasteiger charge is 2.18. The van der Waals surface area contributed by atoms with E-state index in [9.17, 15) is 17.6 Å². The first-order valence-electron chi connectivity index (χ1n) is 10.2. The molecule has 162 valence electrons. The third kappa shape index (κ3) is 4.88. The lowest BCUT2D eigenvalue weighted by Gasteiger charge is -2.16. The number of thiol groups is 1. The molecular formula is C22H23FN4O3S. The summed E-state index contributed by atoms with van der Waals surface area (Å²) in [7, 11) is -2.67. The van der Waals surface area contributed by atoms with Gasteiger partial charge in [0.05, 0.1) is 22.8 Å².